The van der Waals surface area contributed by atoms with Gasteiger partial charge in [-0.15, -0.1) is 0 Å². The minimum atomic E-state index is -0.0926. The maximum atomic E-state index is 12.0. The van der Waals surface area contributed by atoms with Gasteiger partial charge in [-0.25, -0.2) is 0 Å². The summed E-state index contributed by atoms with van der Waals surface area (Å²) in [5.74, 6) is 0.636. The molecule has 2 atom stereocenters. The molecule has 100 valence electrons. The topological polar surface area (TPSA) is 29.1 Å². The van der Waals surface area contributed by atoms with Gasteiger partial charge in [0.1, 0.15) is 0 Å². The van der Waals surface area contributed by atoms with Crippen LogP contribution in [0.5, 0.6) is 0 Å². The van der Waals surface area contributed by atoms with E-state index in [9.17, 15) is 4.79 Å². The highest BCUT2D eigenvalue weighted by Crippen LogP contribution is 2.15. The van der Waals surface area contributed by atoms with Crippen molar-refractivity contribution in [3.63, 3.8) is 0 Å². The van der Waals surface area contributed by atoms with Gasteiger partial charge >= 0.3 is 0 Å². The Bertz CT molecular complexity index is 364. The minimum absolute atomic E-state index is 0.0920. The summed E-state index contributed by atoms with van der Waals surface area (Å²) in [7, 11) is 0. The summed E-state index contributed by atoms with van der Waals surface area (Å²) < 4.78 is 0. The molecule has 1 aromatic carbocycles. The van der Waals surface area contributed by atoms with Crippen LogP contribution >= 0.6 is 15.9 Å². The highest BCUT2D eigenvalue weighted by atomic mass is 79.9. The first-order valence-electron chi connectivity index (χ1n) is 6.47. The molecule has 0 radical (unpaired) electrons. The Morgan fingerprint density at radius 3 is 2.39 bits per heavy atom. The number of halogens is 1. The maximum absolute atomic E-state index is 12.0. The lowest BCUT2D eigenvalue weighted by atomic mass is 10.0. The third kappa shape index (κ3) is 5.21. The van der Waals surface area contributed by atoms with E-state index in [1.165, 1.54) is 0 Å². The number of hydrogen-bond donors (Lipinski definition) is 1. The van der Waals surface area contributed by atoms with Gasteiger partial charge in [0.2, 0.25) is 5.91 Å². The Morgan fingerprint density at radius 1 is 1.22 bits per heavy atom. The number of rotatable bonds is 6. The molecule has 1 N–H and O–H groups in total. The average molecular weight is 312 g/mol. The number of carbonyl (C=O) groups excluding carboxylic acids is 1. The van der Waals surface area contributed by atoms with E-state index in [1.54, 1.807) is 0 Å². The predicted molar refractivity (Wildman–Crippen MR) is 80.0 cm³/mol. The van der Waals surface area contributed by atoms with Crippen molar-refractivity contribution in [2.75, 3.05) is 6.54 Å². The fraction of sp³-hybridized carbons (Fsp3) is 0.533. The van der Waals surface area contributed by atoms with Crippen LogP contribution in [-0.2, 0) is 4.79 Å². The molecule has 0 aliphatic rings. The van der Waals surface area contributed by atoms with Crippen molar-refractivity contribution in [2.45, 2.75) is 37.9 Å². The van der Waals surface area contributed by atoms with Gasteiger partial charge in [0, 0.05) is 11.4 Å². The zero-order valence-corrected chi connectivity index (χ0v) is 12.9. The molecule has 0 spiro atoms. The second kappa shape index (κ2) is 7.57. The van der Waals surface area contributed by atoms with Gasteiger partial charge in [0.25, 0.3) is 0 Å². The van der Waals surface area contributed by atoms with Crippen molar-refractivity contribution in [3.05, 3.63) is 35.9 Å². The fourth-order valence-electron chi connectivity index (χ4n) is 1.85. The zero-order valence-electron chi connectivity index (χ0n) is 11.3. The van der Waals surface area contributed by atoms with Gasteiger partial charge < -0.3 is 5.32 Å². The van der Waals surface area contributed by atoms with Crippen LogP contribution < -0.4 is 5.32 Å². The molecule has 0 saturated carbocycles. The Morgan fingerprint density at radius 2 is 1.83 bits per heavy atom. The van der Waals surface area contributed by atoms with E-state index in [0.29, 0.717) is 17.3 Å². The van der Waals surface area contributed by atoms with Crippen molar-refractivity contribution < 1.29 is 4.79 Å². The van der Waals surface area contributed by atoms with Crippen LogP contribution in [0.15, 0.2) is 30.3 Å². The molecule has 3 heteroatoms. The molecule has 0 aliphatic carbocycles. The first-order chi connectivity index (χ1) is 8.50. The smallest absolute Gasteiger partial charge is 0.227 e. The van der Waals surface area contributed by atoms with E-state index < -0.39 is 0 Å². The first-order valence-corrected chi connectivity index (χ1v) is 7.39. The lowest BCUT2D eigenvalue weighted by molar-refractivity contribution is -0.122. The highest BCUT2D eigenvalue weighted by molar-refractivity contribution is 9.09. The van der Waals surface area contributed by atoms with Crippen molar-refractivity contribution >= 4 is 21.8 Å². The summed E-state index contributed by atoms with van der Waals surface area (Å²) in [5.41, 5.74) is 1.06. The van der Waals surface area contributed by atoms with Crippen LogP contribution in [0.25, 0.3) is 0 Å². The summed E-state index contributed by atoms with van der Waals surface area (Å²) in [6.07, 6.45) is 1.07. The summed E-state index contributed by atoms with van der Waals surface area (Å²) in [4.78, 5) is 12.4. The van der Waals surface area contributed by atoms with Crippen molar-refractivity contribution in [2.24, 2.45) is 5.92 Å². The molecule has 0 aliphatic heterocycles. The summed E-state index contributed by atoms with van der Waals surface area (Å²) in [5, 5.41) is 3.00. The van der Waals surface area contributed by atoms with E-state index in [1.807, 2.05) is 37.3 Å². The summed E-state index contributed by atoms with van der Waals surface area (Å²) >= 11 is 3.60. The Hall–Kier alpha value is -0.830. The number of hydrogen-bond acceptors (Lipinski definition) is 1. The summed E-state index contributed by atoms with van der Waals surface area (Å²) in [6, 6.07) is 9.87. The van der Waals surface area contributed by atoms with E-state index in [4.69, 9.17) is 0 Å². The number of nitrogens with one attached hydrogen (secondary N) is 1. The molecule has 0 aromatic heterocycles. The molecular formula is C15H22BrNO. The SMILES string of the molecule is CC(C)CC(Br)CNC(=O)C(C)c1ccccc1. The average Bonchev–Trinajstić information content (AvgIpc) is 2.35. The largest absolute Gasteiger partial charge is 0.354 e. The van der Waals surface area contributed by atoms with Gasteiger partial charge in [-0.05, 0) is 24.8 Å². The van der Waals surface area contributed by atoms with Crippen molar-refractivity contribution in [1.29, 1.82) is 0 Å². The van der Waals surface area contributed by atoms with Crippen molar-refractivity contribution in [3.8, 4) is 0 Å². The Kier molecular flexibility index (Phi) is 6.41. The fourth-order valence-corrected chi connectivity index (χ4v) is 2.76. The molecule has 18 heavy (non-hydrogen) atoms. The van der Waals surface area contributed by atoms with Gasteiger partial charge in [0.15, 0.2) is 0 Å². The third-order valence-corrected chi connectivity index (χ3v) is 3.62. The molecule has 0 saturated heterocycles. The number of benzene rings is 1. The number of amides is 1. The molecule has 0 heterocycles. The molecule has 1 aromatic rings. The summed E-state index contributed by atoms with van der Waals surface area (Å²) in [6.45, 7) is 7.00. The molecule has 0 fully saturated rings. The van der Waals surface area contributed by atoms with E-state index in [-0.39, 0.29) is 11.8 Å². The highest BCUT2D eigenvalue weighted by Gasteiger charge is 2.16. The van der Waals surface area contributed by atoms with Crippen LogP contribution in [-0.4, -0.2) is 17.3 Å². The van der Waals surface area contributed by atoms with Gasteiger partial charge in [0.05, 0.1) is 5.92 Å². The van der Waals surface area contributed by atoms with Crippen LogP contribution in [0.1, 0.15) is 38.7 Å². The second-order valence-electron chi connectivity index (χ2n) is 5.10. The lowest BCUT2D eigenvalue weighted by Crippen LogP contribution is -2.33. The maximum Gasteiger partial charge on any atom is 0.227 e. The molecule has 0 bridgehead atoms. The van der Waals surface area contributed by atoms with Gasteiger partial charge in [-0.3, -0.25) is 4.79 Å². The molecule has 1 amide bonds. The normalized spacial score (nSPS) is 14.3. The number of alkyl halides is 1. The molecule has 2 unspecified atom stereocenters. The van der Waals surface area contributed by atoms with Crippen LogP contribution in [0.2, 0.25) is 0 Å². The minimum Gasteiger partial charge on any atom is -0.354 e. The van der Waals surface area contributed by atoms with E-state index in [2.05, 4.69) is 35.1 Å². The molecular weight excluding hydrogens is 290 g/mol. The third-order valence-electron chi connectivity index (χ3n) is 2.92. The number of carbonyl (C=O) groups is 1. The van der Waals surface area contributed by atoms with Crippen LogP contribution in [0, 0.1) is 5.92 Å². The second-order valence-corrected chi connectivity index (χ2v) is 6.40. The van der Waals surface area contributed by atoms with Gasteiger partial charge in [-0.2, -0.15) is 0 Å². The Balaban J connectivity index is 2.41. The standard InChI is InChI=1S/C15H22BrNO/c1-11(2)9-14(16)10-17-15(18)12(3)13-7-5-4-6-8-13/h4-8,11-12,14H,9-10H2,1-3H3,(H,17,18). The Labute approximate surface area is 118 Å². The quantitative estimate of drug-likeness (QED) is 0.797. The zero-order chi connectivity index (χ0) is 13.5. The van der Waals surface area contributed by atoms with Crippen molar-refractivity contribution in [1.82, 2.24) is 5.32 Å². The van der Waals surface area contributed by atoms with Crippen LogP contribution in [0.4, 0.5) is 0 Å². The molecule has 1 rings (SSSR count). The van der Waals surface area contributed by atoms with Gasteiger partial charge in [-0.1, -0.05) is 60.1 Å². The van der Waals surface area contributed by atoms with Crippen LogP contribution in [0.3, 0.4) is 0 Å². The predicted octanol–water partition coefficient (Wildman–Crippen LogP) is 3.72. The first kappa shape index (κ1) is 15.2. The van der Waals surface area contributed by atoms with E-state index >= 15 is 0 Å². The lowest BCUT2D eigenvalue weighted by Gasteiger charge is -2.16. The molecule has 2 nitrogen and oxygen atoms in total. The van der Waals surface area contributed by atoms with E-state index in [0.717, 1.165) is 12.0 Å². The monoisotopic (exact) mass is 311 g/mol.